The molecular weight excluding hydrogens is 290 g/mol. The lowest BCUT2D eigenvalue weighted by atomic mass is 10.1. The summed E-state index contributed by atoms with van der Waals surface area (Å²) in [5.41, 5.74) is 1.79. The number of ether oxygens (including phenoxy) is 1. The molecule has 0 aliphatic carbocycles. The monoisotopic (exact) mass is 319 g/mol. The van der Waals surface area contributed by atoms with Crippen LogP contribution in [0.4, 0.5) is 0 Å². The van der Waals surface area contributed by atoms with E-state index in [1.165, 1.54) is 5.56 Å². The van der Waals surface area contributed by atoms with E-state index in [9.17, 15) is 9.59 Å². The SMILES string of the molecule is CCCCCOC(=O)C(C)NC(=O)c1ccc(CCCC)cc1. The van der Waals surface area contributed by atoms with Crippen LogP contribution < -0.4 is 5.32 Å². The van der Waals surface area contributed by atoms with Gasteiger partial charge in [-0.3, -0.25) is 4.79 Å². The number of hydrogen-bond acceptors (Lipinski definition) is 3. The van der Waals surface area contributed by atoms with E-state index in [0.29, 0.717) is 12.2 Å². The number of rotatable bonds is 10. The zero-order chi connectivity index (χ0) is 17.1. The molecule has 0 spiro atoms. The zero-order valence-electron chi connectivity index (χ0n) is 14.6. The molecule has 0 aliphatic rings. The van der Waals surface area contributed by atoms with Crippen molar-refractivity contribution in [3.8, 4) is 0 Å². The Labute approximate surface area is 139 Å². The van der Waals surface area contributed by atoms with Gasteiger partial charge in [0.15, 0.2) is 0 Å². The van der Waals surface area contributed by atoms with Gasteiger partial charge >= 0.3 is 5.97 Å². The number of nitrogens with one attached hydrogen (secondary N) is 1. The molecule has 1 atom stereocenters. The van der Waals surface area contributed by atoms with Gasteiger partial charge in [-0.1, -0.05) is 45.2 Å². The highest BCUT2D eigenvalue weighted by Crippen LogP contribution is 2.08. The van der Waals surface area contributed by atoms with Crippen LogP contribution >= 0.6 is 0 Å². The molecule has 0 radical (unpaired) electrons. The molecule has 1 aromatic rings. The number of carbonyl (C=O) groups is 2. The summed E-state index contributed by atoms with van der Waals surface area (Å²) in [5.74, 6) is -0.626. The first kappa shape index (κ1) is 19.2. The highest BCUT2D eigenvalue weighted by Gasteiger charge is 2.17. The Morgan fingerprint density at radius 1 is 1.04 bits per heavy atom. The van der Waals surface area contributed by atoms with E-state index < -0.39 is 6.04 Å². The van der Waals surface area contributed by atoms with Gasteiger partial charge in [-0.15, -0.1) is 0 Å². The van der Waals surface area contributed by atoms with Gasteiger partial charge in [0, 0.05) is 5.56 Å². The van der Waals surface area contributed by atoms with E-state index in [1.54, 1.807) is 19.1 Å². The van der Waals surface area contributed by atoms with E-state index in [1.807, 2.05) is 12.1 Å². The first-order valence-corrected chi connectivity index (χ1v) is 8.64. The molecule has 0 saturated heterocycles. The fourth-order valence-electron chi connectivity index (χ4n) is 2.19. The molecule has 4 heteroatoms. The maximum atomic E-state index is 12.1. The third-order valence-electron chi connectivity index (χ3n) is 3.73. The minimum absolute atomic E-state index is 0.245. The molecule has 0 bridgehead atoms. The first-order valence-electron chi connectivity index (χ1n) is 8.64. The quantitative estimate of drug-likeness (QED) is 0.526. The van der Waals surface area contributed by atoms with Crippen molar-refractivity contribution in [2.24, 2.45) is 0 Å². The lowest BCUT2D eigenvalue weighted by Gasteiger charge is -2.13. The zero-order valence-corrected chi connectivity index (χ0v) is 14.6. The number of amides is 1. The summed E-state index contributed by atoms with van der Waals surface area (Å²) in [7, 11) is 0. The van der Waals surface area contributed by atoms with Crippen LogP contribution in [0.5, 0.6) is 0 Å². The largest absolute Gasteiger partial charge is 0.464 e. The van der Waals surface area contributed by atoms with Gasteiger partial charge in [-0.25, -0.2) is 4.79 Å². The highest BCUT2D eigenvalue weighted by atomic mass is 16.5. The van der Waals surface area contributed by atoms with E-state index in [0.717, 1.165) is 38.5 Å². The van der Waals surface area contributed by atoms with Crippen molar-refractivity contribution in [3.63, 3.8) is 0 Å². The number of esters is 1. The van der Waals surface area contributed by atoms with Crippen molar-refractivity contribution >= 4 is 11.9 Å². The minimum Gasteiger partial charge on any atom is -0.464 e. The van der Waals surface area contributed by atoms with Gasteiger partial charge in [0.1, 0.15) is 6.04 Å². The Morgan fingerprint density at radius 3 is 2.30 bits per heavy atom. The maximum Gasteiger partial charge on any atom is 0.328 e. The van der Waals surface area contributed by atoms with E-state index in [4.69, 9.17) is 4.74 Å². The first-order chi connectivity index (χ1) is 11.1. The summed E-state index contributed by atoms with van der Waals surface area (Å²) < 4.78 is 5.15. The molecule has 1 aromatic carbocycles. The second-order valence-corrected chi connectivity index (χ2v) is 5.87. The van der Waals surface area contributed by atoms with Crippen molar-refractivity contribution in [2.75, 3.05) is 6.61 Å². The molecule has 0 saturated carbocycles. The van der Waals surface area contributed by atoms with Crippen molar-refractivity contribution in [2.45, 2.75) is 65.3 Å². The molecular formula is C19H29NO3. The Bertz CT molecular complexity index is 482. The smallest absolute Gasteiger partial charge is 0.328 e. The number of benzene rings is 1. The number of aryl methyl sites for hydroxylation is 1. The van der Waals surface area contributed by atoms with Gasteiger partial charge in [-0.05, 0) is 43.9 Å². The van der Waals surface area contributed by atoms with Crippen LogP contribution in [0.1, 0.15) is 68.8 Å². The predicted molar refractivity (Wildman–Crippen MR) is 92.5 cm³/mol. The predicted octanol–water partition coefficient (Wildman–Crippen LogP) is 3.88. The molecule has 1 rings (SSSR count). The summed E-state index contributed by atoms with van der Waals surface area (Å²) in [4.78, 5) is 24.0. The second-order valence-electron chi connectivity index (χ2n) is 5.87. The molecule has 1 N–H and O–H groups in total. The minimum atomic E-state index is -0.635. The molecule has 4 nitrogen and oxygen atoms in total. The Balaban J connectivity index is 2.43. The standard InChI is InChI=1S/C19H29NO3/c1-4-6-8-14-23-19(22)15(3)20-18(21)17-12-10-16(11-13-17)9-7-5-2/h10-13,15H,4-9,14H2,1-3H3,(H,20,21). The molecule has 0 aliphatic heterocycles. The van der Waals surface area contributed by atoms with Crippen molar-refractivity contribution in [3.05, 3.63) is 35.4 Å². The molecule has 128 valence electrons. The molecule has 1 amide bonds. The molecule has 0 heterocycles. The average Bonchev–Trinajstić information content (AvgIpc) is 2.57. The van der Waals surface area contributed by atoms with Crippen LogP contribution in [0.15, 0.2) is 24.3 Å². The Kier molecular flexibility index (Phi) is 9.03. The maximum absolute atomic E-state index is 12.1. The normalized spacial score (nSPS) is 11.8. The van der Waals surface area contributed by atoms with Crippen molar-refractivity contribution in [1.82, 2.24) is 5.32 Å². The van der Waals surface area contributed by atoms with Gasteiger partial charge in [0.05, 0.1) is 6.61 Å². The molecule has 0 aromatic heterocycles. The van der Waals surface area contributed by atoms with Gasteiger partial charge in [-0.2, -0.15) is 0 Å². The number of carbonyl (C=O) groups excluding carboxylic acids is 2. The van der Waals surface area contributed by atoms with E-state index in [2.05, 4.69) is 19.2 Å². The Morgan fingerprint density at radius 2 is 1.70 bits per heavy atom. The fourth-order valence-corrected chi connectivity index (χ4v) is 2.19. The van der Waals surface area contributed by atoms with Crippen LogP contribution in [0.25, 0.3) is 0 Å². The number of unbranched alkanes of at least 4 members (excludes halogenated alkanes) is 3. The fraction of sp³-hybridized carbons (Fsp3) is 0.579. The van der Waals surface area contributed by atoms with E-state index in [-0.39, 0.29) is 11.9 Å². The Hall–Kier alpha value is -1.84. The van der Waals surface area contributed by atoms with Crippen LogP contribution in [0.2, 0.25) is 0 Å². The van der Waals surface area contributed by atoms with Gasteiger partial charge in [0.25, 0.3) is 5.91 Å². The number of hydrogen-bond donors (Lipinski definition) is 1. The van der Waals surface area contributed by atoms with Crippen molar-refractivity contribution < 1.29 is 14.3 Å². The topological polar surface area (TPSA) is 55.4 Å². The summed E-state index contributed by atoms with van der Waals surface area (Å²) in [6, 6.07) is 6.92. The molecule has 1 unspecified atom stereocenters. The average molecular weight is 319 g/mol. The lowest BCUT2D eigenvalue weighted by molar-refractivity contribution is -0.145. The van der Waals surface area contributed by atoms with Crippen molar-refractivity contribution in [1.29, 1.82) is 0 Å². The summed E-state index contributed by atoms with van der Waals surface area (Å²) in [5, 5.41) is 2.69. The van der Waals surface area contributed by atoms with E-state index >= 15 is 0 Å². The summed E-state index contributed by atoms with van der Waals surface area (Å²) in [6.07, 6.45) is 6.31. The van der Waals surface area contributed by atoms with Crippen LogP contribution in [0.3, 0.4) is 0 Å². The van der Waals surface area contributed by atoms with Crippen LogP contribution in [0, 0.1) is 0 Å². The molecule has 23 heavy (non-hydrogen) atoms. The third-order valence-corrected chi connectivity index (χ3v) is 3.73. The highest BCUT2D eigenvalue weighted by molar-refractivity contribution is 5.96. The summed E-state index contributed by atoms with van der Waals surface area (Å²) >= 11 is 0. The van der Waals surface area contributed by atoms with Crippen LogP contribution in [-0.4, -0.2) is 24.5 Å². The lowest BCUT2D eigenvalue weighted by Crippen LogP contribution is -2.39. The third kappa shape index (κ3) is 7.31. The second kappa shape index (κ2) is 10.8. The molecule has 0 fully saturated rings. The van der Waals surface area contributed by atoms with Gasteiger partial charge < -0.3 is 10.1 Å². The van der Waals surface area contributed by atoms with Gasteiger partial charge in [0.2, 0.25) is 0 Å². The van der Waals surface area contributed by atoms with Crippen LogP contribution in [-0.2, 0) is 16.0 Å². The summed E-state index contributed by atoms with van der Waals surface area (Å²) in [6.45, 7) is 6.32.